The fourth-order valence-electron chi connectivity index (χ4n) is 4.12. The zero-order valence-corrected chi connectivity index (χ0v) is 11.3. The van der Waals surface area contributed by atoms with Crippen LogP contribution in [0.5, 0.6) is 0 Å². The number of Topliss-reactive ketones (excluding diaryl/α,β-unsaturated/α-hetero) is 1. The van der Waals surface area contributed by atoms with E-state index in [0.29, 0.717) is 29.1 Å². The van der Waals surface area contributed by atoms with Crippen molar-refractivity contribution < 1.29 is 13.6 Å². The van der Waals surface area contributed by atoms with Crippen molar-refractivity contribution in [3.8, 4) is 0 Å². The summed E-state index contributed by atoms with van der Waals surface area (Å²) in [5.74, 6) is 2.28. The second-order valence-corrected chi connectivity index (χ2v) is 6.36. The molecule has 2 aliphatic carbocycles. The highest BCUT2D eigenvalue weighted by molar-refractivity contribution is 5.97. The number of benzene rings is 1. The predicted octanol–water partition coefficient (Wildman–Crippen LogP) is 4.58. The highest BCUT2D eigenvalue weighted by atomic mass is 19.1. The van der Waals surface area contributed by atoms with Gasteiger partial charge < -0.3 is 4.42 Å². The van der Waals surface area contributed by atoms with E-state index in [-0.39, 0.29) is 11.6 Å². The summed E-state index contributed by atoms with van der Waals surface area (Å²) in [6.45, 7) is 0. The third-order valence-electron chi connectivity index (χ3n) is 5.09. The quantitative estimate of drug-likeness (QED) is 0.765. The van der Waals surface area contributed by atoms with Crippen LogP contribution in [0.25, 0.3) is 11.0 Å². The Morgan fingerprint density at radius 2 is 2.15 bits per heavy atom. The first-order valence-electron chi connectivity index (χ1n) is 7.41. The molecule has 0 saturated heterocycles. The Morgan fingerprint density at radius 3 is 2.90 bits per heavy atom. The highest BCUT2D eigenvalue weighted by Crippen LogP contribution is 2.49. The molecule has 0 N–H and O–H groups in total. The summed E-state index contributed by atoms with van der Waals surface area (Å²) in [6, 6.07) is 6.02. The number of hydrogen-bond donors (Lipinski definition) is 0. The molecular formula is C17H17FO2. The molecule has 2 aliphatic rings. The van der Waals surface area contributed by atoms with E-state index in [0.717, 1.165) is 11.8 Å². The van der Waals surface area contributed by atoms with Crippen LogP contribution in [0, 0.1) is 23.6 Å². The van der Waals surface area contributed by atoms with Gasteiger partial charge in [0, 0.05) is 11.8 Å². The maximum atomic E-state index is 13.1. The molecule has 2 aromatic rings. The summed E-state index contributed by atoms with van der Waals surface area (Å²) in [4.78, 5) is 12.3. The Bertz CT molecular complexity index is 673. The normalized spacial score (nSPS) is 28.4. The van der Waals surface area contributed by atoms with Crippen molar-refractivity contribution in [2.75, 3.05) is 0 Å². The fraction of sp³-hybridized carbons (Fsp3) is 0.471. The largest absolute Gasteiger partial charge is 0.453 e. The molecule has 2 fully saturated rings. The molecule has 1 aromatic carbocycles. The standard InChI is InChI=1S/C17H17FO2/c18-14-3-4-16-13(7-14)9-17(20-16)15(19)8-12-6-10-1-2-11(12)5-10/h3-4,7,9-12H,1-2,5-6,8H2. The molecular weight excluding hydrogens is 255 g/mol. The van der Waals surface area contributed by atoms with Gasteiger partial charge in [0.2, 0.25) is 0 Å². The molecule has 0 radical (unpaired) electrons. The van der Waals surface area contributed by atoms with Gasteiger partial charge >= 0.3 is 0 Å². The van der Waals surface area contributed by atoms with E-state index in [1.165, 1.54) is 37.8 Å². The van der Waals surface area contributed by atoms with E-state index in [4.69, 9.17) is 4.42 Å². The van der Waals surface area contributed by atoms with E-state index in [1.54, 1.807) is 12.1 Å². The molecule has 20 heavy (non-hydrogen) atoms. The average molecular weight is 272 g/mol. The van der Waals surface area contributed by atoms with E-state index in [9.17, 15) is 9.18 Å². The van der Waals surface area contributed by atoms with Crippen LogP contribution in [-0.4, -0.2) is 5.78 Å². The molecule has 3 atom stereocenters. The predicted molar refractivity (Wildman–Crippen MR) is 74.1 cm³/mol. The summed E-state index contributed by atoms with van der Waals surface area (Å²) in [5.41, 5.74) is 0.586. The Hall–Kier alpha value is -1.64. The van der Waals surface area contributed by atoms with Crippen molar-refractivity contribution in [1.29, 1.82) is 0 Å². The third kappa shape index (κ3) is 1.96. The van der Waals surface area contributed by atoms with Crippen molar-refractivity contribution in [2.45, 2.75) is 32.1 Å². The van der Waals surface area contributed by atoms with Gasteiger partial charge in [0.05, 0.1) is 0 Å². The van der Waals surface area contributed by atoms with E-state index in [2.05, 4.69) is 0 Å². The lowest BCUT2D eigenvalue weighted by Gasteiger charge is -2.20. The Morgan fingerprint density at radius 1 is 1.25 bits per heavy atom. The minimum absolute atomic E-state index is 0.0687. The first kappa shape index (κ1) is 12.1. The van der Waals surface area contributed by atoms with Crippen LogP contribution < -0.4 is 0 Å². The summed E-state index contributed by atoms with van der Waals surface area (Å²) in [6.07, 6.45) is 5.73. The second kappa shape index (κ2) is 4.44. The molecule has 0 aliphatic heterocycles. The molecule has 1 heterocycles. The number of ketones is 1. The van der Waals surface area contributed by atoms with Gasteiger partial charge in [-0.2, -0.15) is 0 Å². The maximum absolute atomic E-state index is 13.1. The Labute approximate surface area is 117 Å². The molecule has 0 amide bonds. The number of carbonyl (C=O) groups excluding carboxylic acids is 1. The van der Waals surface area contributed by atoms with Gasteiger partial charge in [0.15, 0.2) is 11.5 Å². The third-order valence-corrected chi connectivity index (χ3v) is 5.09. The minimum atomic E-state index is -0.301. The molecule has 3 heteroatoms. The van der Waals surface area contributed by atoms with Crippen LogP contribution in [0.4, 0.5) is 4.39 Å². The number of rotatable bonds is 3. The fourth-order valence-corrected chi connectivity index (χ4v) is 4.12. The lowest BCUT2D eigenvalue weighted by molar-refractivity contribution is 0.0919. The van der Waals surface area contributed by atoms with Gasteiger partial charge in [-0.05, 0) is 61.3 Å². The van der Waals surface area contributed by atoms with Gasteiger partial charge in [0.1, 0.15) is 11.4 Å². The Balaban J connectivity index is 1.54. The highest BCUT2D eigenvalue weighted by Gasteiger charge is 2.40. The maximum Gasteiger partial charge on any atom is 0.198 e. The Kier molecular flexibility index (Phi) is 2.69. The zero-order chi connectivity index (χ0) is 13.7. The zero-order valence-electron chi connectivity index (χ0n) is 11.3. The molecule has 2 saturated carbocycles. The first-order chi connectivity index (χ1) is 9.69. The molecule has 2 nitrogen and oxygen atoms in total. The summed E-state index contributed by atoms with van der Waals surface area (Å²) in [5, 5.41) is 0.668. The first-order valence-corrected chi connectivity index (χ1v) is 7.41. The summed E-state index contributed by atoms with van der Waals surface area (Å²) < 4.78 is 18.7. The number of halogens is 1. The van der Waals surface area contributed by atoms with Crippen molar-refractivity contribution in [1.82, 2.24) is 0 Å². The monoisotopic (exact) mass is 272 g/mol. The van der Waals surface area contributed by atoms with Crippen LogP contribution in [0.3, 0.4) is 0 Å². The van der Waals surface area contributed by atoms with Crippen LogP contribution in [0.15, 0.2) is 28.7 Å². The van der Waals surface area contributed by atoms with Crippen molar-refractivity contribution in [3.63, 3.8) is 0 Å². The smallest absolute Gasteiger partial charge is 0.198 e. The SMILES string of the molecule is O=C(CC1CC2CCC1C2)c1cc2cc(F)ccc2o1. The van der Waals surface area contributed by atoms with Crippen LogP contribution >= 0.6 is 0 Å². The number of carbonyl (C=O) groups is 1. The minimum Gasteiger partial charge on any atom is -0.453 e. The topological polar surface area (TPSA) is 30.2 Å². The van der Waals surface area contributed by atoms with Gasteiger partial charge in [-0.1, -0.05) is 6.42 Å². The molecule has 1 aromatic heterocycles. The second-order valence-electron chi connectivity index (χ2n) is 6.36. The average Bonchev–Trinajstić information content (AvgIpc) is 3.11. The lowest BCUT2D eigenvalue weighted by atomic mass is 9.85. The summed E-state index contributed by atoms with van der Waals surface area (Å²) >= 11 is 0. The van der Waals surface area contributed by atoms with Gasteiger partial charge in [-0.25, -0.2) is 4.39 Å². The number of furan rings is 1. The van der Waals surface area contributed by atoms with Gasteiger partial charge in [-0.3, -0.25) is 4.79 Å². The number of fused-ring (bicyclic) bond motifs is 3. The molecule has 0 spiro atoms. The lowest BCUT2D eigenvalue weighted by Crippen LogP contribution is -2.14. The van der Waals surface area contributed by atoms with E-state index < -0.39 is 0 Å². The van der Waals surface area contributed by atoms with E-state index >= 15 is 0 Å². The molecule has 3 unspecified atom stereocenters. The van der Waals surface area contributed by atoms with Crippen molar-refractivity contribution >= 4 is 16.8 Å². The van der Waals surface area contributed by atoms with E-state index in [1.807, 2.05) is 0 Å². The van der Waals surface area contributed by atoms with Crippen LogP contribution in [0.2, 0.25) is 0 Å². The van der Waals surface area contributed by atoms with Crippen molar-refractivity contribution in [2.24, 2.45) is 17.8 Å². The number of hydrogen-bond acceptors (Lipinski definition) is 2. The molecule has 2 bridgehead atoms. The van der Waals surface area contributed by atoms with Crippen LogP contribution in [0.1, 0.15) is 42.7 Å². The van der Waals surface area contributed by atoms with Crippen molar-refractivity contribution in [3.05, 3.63) is 35.8 Å². The molecule has 4 rings (SSSR count). The van der Waals surface area contributed by atoms with Gasteiger partial charge in [-0.15, -0.1) is 0 Å². The van der Waals surface area contributed by atoms with Crippen LogP contribution in [-0.2, 0) is 0 Å². The molecule has 104 valence electrons. The van der Waals surface area contributed by atoms with Gasteiger partial charge in [0.25, 0.3) is 0 Å². The summed E-state index contributed by atoms with van der Waals surface area (Å²) in [7, 11) is 0.